The molecule has 0 saturated carbocycles. The van der Waals surface area contributed by atoms with Gasteiger partial charge in [0.15, 0.2) is 0 Å². The Morgan fingerprint density at radius 2 is 1.59 bits per heavy atom. The maximum Gasteiger partial charge on any atom is 0.262 e. The van der Waals surface area contributed by atoms with E-state index in [0.29, 0.717) is 22.8 Å². The van der Waals surface area contributed by atoms with Crippen LogP contribution in [0.15, 0.2) is 70.0 Å². The predicted octanol–water partition coefficient (Wildman–Crippen LogP) is 4.40. The third-order valence-electron chi connectivity index (χ3n) is 4.31. The molecule has 0 amide bonds. The van der Waals surface area contributed by atoms with Crippen molar-refractivity contribution in [3.63, 3.8) is 0 Å². The van der Waals surface area contributed by atoms with Crippen LogP contribution in [0.3, 0.4) is 0 Å². The van der Waals surface area contributed by atoms with Gasteiger partial charge in [0.2, 0.25) is 0 Å². The van der Waals surface area contributed by atoms with Crippen molar-refractivity contribution in [2.24, 2.45) is 0 Å². The molecule has 1 N–H and O–H groups in total. The number of methoxy groups -OCH3 is 2. The van der Waals surface area contributed by atoms with Gasteiger partial charge >= 0.3 is 0 Å². The maximum absolute atomic E-state index is 12.7. The molecule has 138 valence electrons. The lowest BCUT2D eigenvalue weighted by Crippen LogP contribution is -2.13. The lowest BCUT2D eigenvalue weighted by molar-refractivity contribution is 0.414. The lowest BCUT2D eigenvalue weighted by atomic mass is 10.1. The zero-order valence-electron chi connectivity index (χ0n) is 14.7. The summed E-state index contributed by atoms with van der Waals surface area (Å²) in [6.07, 6.45) is 0. The minimum absolute atomic E-state index is 0.120. The van der Waals surface area contributed by atoms with Gasteiger partial charge in [-0.15, -0.1) is 0 Å². The summed E-state index contributed by atoms with van der Waals surface area (Å²) in [5.41, 5.74) is 1.61. The molecule has 3 aromatic carbocycles. The fraction of sp³-hybridized carbons (Fsp3) is 0.100. The van der Waals surface area contributed by atoms with Crippen molar-refractivity contribution in [3.8, 4) is 11.5 Å². The molecule has 0 aliphatic heterocycles. The summed E-state index contributed by atoms with van der Waals surface area (Å²) in [5, 5.41) is 1.80. The Kier molecular flexibility index (Phi) is 4.16. The number of furan rings is 1. The molecule has 1 heterocycles. The van der Waals surface area contributed by atoms with E-state index in [1.54, 1.807) is 24.3 Å². The molecule has 0 saturated heterocycles. The molecule has 4 aromatic rings. The second-order valence-electron chi connectivity index (χ2n) is 5.93. The van der Waals surface area contributed by atoms with Crippen molar-refractivity contribution in [1.29, 1.82) is 0 Å². The largest absolute Gasteiger partial charge is 0.497 e. The molecule has 0 atom stereocenters. The minimum Gasteiger partial charge on any atom is -0.497 e. The van der Waals surface area contributed by atoms with E-state index in [1.807, 2.05) is 24.3 Å². The topological polar surface area (TPSA) is 77.8 Å². The second-order valence-corrected chi connectivity index (χ2v) is 7.61. The summed E-state index contributed by atoms with van der Waals surface area (Å²) in [7, 11) is -0.779. The summed E-state index contributed by atoms with van der Waals surface area (Å²) < 4.78 is 44.4. The van der Waals surface area contributed by atoms with Crippen LogP contribution in [0.2, 0.25) is 0 Å². The maximum atomic E-state index is 12.7. The molecular weight excluding hydrogens is 366 g/mol. The fourth-order valence-electron chi connectivity index (χ4n) is 2.96. The third kappa shape index (κ3) is 3.06. The monoisotopic (exact) mass is 383 g/mol. The van der Waals surface area contributed by atoms with Gasteiger partial charge in [-0.3, -0.25) is 4.72 Å². The van der Waals surface area contributed by atoms with Crippen LogP contribution in [0.4, 0.5) is 5.69 Å². The van der Waals surface area contributed by atoms with E-state index in [2.05, 4.69) is 4.72 Å². The number of anilines is 1. The van der Waals surface area contributed by atoms with Gasteiger partial charge in [-0.1, -0.05) is 18.2 Å². The summed E-state index contributed by atoms with van der Waals surface area (Å²) in [6, 6.07) is 17.2. The molecule has 0 radical (unpaired) electrons. The number of sulfonamides is 1. The van der Waals surface area contributed by atoms with E-state index < -0.39 is 10.0 Å². The molecule has 0 aliphatic carbocycles. The Bertz CT molecular complexity index is 1230. The number of benzene rings is 3. The van der Waals surface area contributed by atoms with Crippen LogP contribution in [0, 0.1) is 0 Å². The molecule has 0 aliphatic rings. The number of para-hydroxylation sites is 1. The molecule has 7 heteroatoms. The van der Waals surface area contributed by atoms with E-state index >= 15 is 0 Å². The normalized spacial score (nSPS) is 11.6. The highest BCUT2D eigenvalue weighted by molar-refractivity contribution is 7.92. The molecule has 0 unspecified atom stereocenters. The van der Waals surface area contributed by atoms with Crippen molar-refractivity contribution in [3.05, 3.63) is 60.7 Å². The van der Waals surface area contributed by atoms with Gasteiger partial charge in [-0.05, 0) is 36.4 Å². The second kappa shape index (κ2) is 6.51. The van der Waals surface area contributed by atoms with Gasteiger partial charge in [0.25, 0.3) is 10.0 Å². The molecule has 0 spiro atoms. The zero-order valence-corrected chi connectivity index (χ0v) is 15.5. The molecule has 1 aromatic heterocycles. The van der Waals surface area contributed by atoms with Crippen LogP contribution < -0.4 is 14.2 Å². The molecular formula is C20H17NO5S. The van der Waals surface area contributed by atoms with Gasteiger partial charge in [0.05, 0.1) is 24.8 Å². The first-order valence-corrected chi connectivity index (χ1v) is 9.66. The third-order valence-corrected chi connectivity index (χ3v) is 5.69. The number of hydrogen-bond acceptors (Lipinski definition) is 5. The average Bonchev–Trinajstić information content (AvgIpc) is 3.04. The number of nitrogens with one attached hydrogen (secondary N) is 1. The average molecular weight is 383 g/mol. The van der Waals surface area contributed by atoms with Crippen LogP contribution in [0.5, 0.6) is 11.5 Å². The summed E-state index contributed by atoms with van der Waals surface area (Å²) in [6.45, 7) is 0. The molecule has 6 nitrogen and oxygen atoms in total. The van der Waals surface area contributed by atoms with Crippen molar-refractivity contribution in [2.75, 3.05) is 18.9 Å². The Hall–Kier alpha value is -3.19. The molecule has 0 fully saturated rings. The highest BCUT2D eigenvalue weighted by Gasteiger charge is 2.19. The first-order chi connectivity index (χ1) is 13.0. The van der Waals surface area contributed by atoms with Crippen LogP contribution in [0.25, 0.3) is 21.9 Å². The van der Waals surface area contributed by atoms with Gasteiger partial charge in [-0.25, -0.2) is 8.42 Å². The van der Waals surface area contributed by atoms with Crippen molar-refractivity contribution in [1.82, 2.24) is 0 Å². The molecule has 0 bridgehead atoms. The quantitative estimate of drug-likeness (QED) is 0.552. The van der Waals surface area contributed by atoms with Crippen LogP contribution in [0.1, 0.15) is 0 Å². The lowest BCUT2D eigenvalue weighted by Gasteiger charge is -2.12. The highest BCUT2D eigenvalue weighted by Crippen LogP contribution is 2.37. The van der Waals surface area contributed by atoms with Crippen molar-refractivity contribution < 1.29 is 22.3 Å². The van der Waals surface area contributed by atoms with Crippen LogP contribution in [-0.2, 0) is 10.0 Å². The number of fused-ring (bicyclic) bond motifs is 3. The number of rotatable bonds is 5. The smallest absolute Gasteiger partial charge is 0.262 e. The van der Waals surface area contributed by atoms with E-state index in [9.17, 15) is 8.42 Å². The SMILES string of the molecule is COc1ccc(S(=O)(=O)Nc2cc3oc4ccccc4c3cc2OC)cc1. The predicted molar refractivity (Wildman–Crippen MR) is 104 cm³/mol. The molecule has 27 heavy (non-hydrogen) atoms. The minimum atomic E-state index is -3.80. The first kappa shape index (κ1) is 17.2. The van der Waals surface area contributed by atoms with E-state index in [0.717, 1.165) is 16.4 Å². The van der Waals surface area contributed by atoms with E-state index in [4.69, 9.17) is 13.9 Å². The Morgan fingerprint density at radius 1 is 0.852 bits per heavy atom. The summed E-state index contributed by atoms with van der Waals surface area (Å²) in [5.74, 6) is 0.987. The van der Waals surface area contributed by atoms with Gasteiger partial charge in [0.1, 0.15) is 22.7 Å². The highest BCUT2D eigenvalue weighted by atomic mass is 32.2. The fourth-order valence-corrected chi connectivity index (χ4v) is 4.02. The van der Waals surface area contributed by atoms with Gasteiger partial charge < -0.3 is 13.9 Å². The Morgan fingerprint density at radius 3 is 2.30 bits per heavy atom. The van der Waals surface area contributed by atoms with E-state index in [1.165, 1.54) is 26.4 Å². The first-order valence-electron chi connectivity index (χ1n) is 8.18. The summed E-state index contributed by atoms with van der Waals surface area (Å²) in [4.78, 5) is 0.120. The van der Waals surface area contributed by atoms with Gasteiger partial charge in [0, 0.05) is 16.8 Å². The Balaban J connectivity index is 1.78. The van der Waals surface area contributed by atoms with Crippen molar-refractivity contribution in [2.45, 2.75) is 4.90 Å². The van der Waals surface area contributed by atoms with E-state index in [-0.39, 0.29) is 4.90 Å². The number of ether oxygens (including phenoxy) is 2. The number of hydrogen-bond donors (Lipinski definition) is 1. The Labute approximate surface area is 156 Å². The van der Waals surface area contributed by atoms with Crippen LogP contribution in [-0.4, -0.2) is 22.6 Å². The summed E-state index contributed by atoms with van der Waals surface area (Å²) >= 11 is 0. The molecule has 4 rings (SSSR count). The zero-order chi connectivity index (χ0) is 19.0. The van der Waals surface area contributed by atoms with Gasteiger partial charge in [-0.2, -0.15) is 0 Å². The van der Waals surface area contributed by atoms with Crippen LogP contribution >= 0.6 is 0 Å². The van der Waals surface area contributed by atoms with Crippen molar-refractivity contribution >= 4 is 37.6 Å². The standard InChI is InChI=1S/C20H17NO5S/c1-24-13-7-9-14(10-8-13)27(22,23)21-17-12-19-16(11-20(17)25-2)15-5-3-4-6-18(15)26-19/h3-12,21H,1-2H3.